The molecule has 0 fully saturated rings. The molecule has 0 spiro atoms. The zero-order valence-electron chi connectivity index (χ0n) is 17.4. The molecule has 0 saturated heterocycles. The lowest BCUT2D eigenvalue weighted by atomic mass is 10.1. The second kappa shape index (κ2) is 8.59. The van der Waals surface area contributed by atoms with E-state index in [0.717, 1.165) is 41.6 Å². The molecule has 0 aliphatic heterocycles. The summed E-state index contributed by atoms with van der Waals surface area (Å²) in [6.07, 6.45) is 2.41. The first kappa shape index (κ1) is 20.6. The highest BCUT2D eigenvalue weighted by atomic mass is 19.1. The van der Waals surface area contributed by atoms with E-state index >= 15 is 0 Å². The Bertz CT molecular complexity index is 1120. The third-order valence-corrected chi connectivity index (χ3v) is 5.10. The van der Waals surface area contributed by atoms with Crippen molar-refractivity contribution in [2.24, 2.45) is 0 Å². The largest absolute Gasteiger partial charge is 0.484 e. The highest BCUT2D eigenvalue weighted by molar-refractivity contribution is 5.95. The van der Waals surface area contributed by atoms with Crippen LogP contribution < -0.4 is 15.6 Å². The smallest absolute Gasteiger partial charge is 0.290 e. The molecule has 0 saturated carbocycles. The van der Waals surface area contributed by atoms with E-state index in [1.54, 1.807) is 16.8 Å². The number of aryl methyl sites for hydroxylation is 2. The quantitative estimate of drug-likeness (QED) is 0.619. The predicted molar refractivity (Wildman–Crippen MR) is 113 cm³/mol. The van der Waals surface area contributed by atoms with Crippen LogP contribution in [0.25, 0.3) is 5.69 Å². The first-order valence-electron chi connectivity index (χ1n) is 10.1. The minimum atomic E-state index is -0.501. The standard InChI is InChI=1S/C23H23FN4O3/c1-14-10-15(2)12-18(11-14)31-13-21(29)25-26-23(30)22-19-4-3-5-20(19)28(27-22)17-8-6-16(24)7-9-17/h6-12H,3-5,13H2,1-2H3,(H,25,29)(H,26,30). The van der Waals surface area contributed by atoms with Crippen molar-refractivity contribution in [3.63, 3.8) is 0 Å². The summed E-state index contributed by atoms with van der Waals surface area (Å²) in [4.78, 5) is 24.8. The van der Waals surface area contributed by atoms with Gasteiger partial charge in [-0.3, -0.25) is 20.4 Å². The Balaban J connectivity index is 1.40. The van der Waals surface area contributed by atoms with Crippen molar-refractivity contribution in [1.82, 2.24) is 20.6 Å². The number of hydrogen-bond donors (Lipinski definition) is 2. The molecule has 2 aromatic carbocycles. The van der Waals surface area contributed by atoms with Crippen molar-refractivity contribution >= 4 is 11.8 Å². The van der Waals surface area contributed by atoms with Gasteiger partial charge < -0.3 is 4.74 Å². The highest BCUT2D eigenvalue weighted by Crippen LogP contribution is 2.27. The average Bonchev–Trinajstić information content (AvgIpc) is 3.33. The summed E-state index contributed by atoms with van der Waals surface area (Å²) in [5.74, 6) is -0.730. The summed E-state index contributed by atoms with van der Waals surface area (Å²) in [6, 6.07) is 11.6. The van der Waals surface area contributed by atoms with Crippen LogP contribution in [0.1, 0.15) is 39.3 Å². The molecule has 0 bridgehead atoms. The molecule has 4 rings (SSSR count). The number of rotatable bonds is 5. The maximum absolute atomic E-state index is 13.3. The molecule has 31 heavy (non-hydrogen) atoms. The van der Waals surface area contributed by atoms with E-state index in [-0.39, 0.29) is 18.1 Å². The van der Waals surface area contributed by atoms with Crippen molar-refractivity contribution in [2.75, 3.05) is 6.61 Å². The van der Waals surface area contributed by atoms with E-state index < -0.39 is 11.8 Å². The molecule has 8 heteroatoms. The Morgan fingerprint density at radius 1 is 1.06 bits per heavy atom. The fraction of sp³-hybridized carbons (Fsp3) is 0.261. The monoisotopic (exact) mass is 422 g/mol. The lowest BCUT2D eigenvalue weighted by Crippen LogP contribution is -2.44. The van der Waals surface area contributed by atoms with Crippen LogP contribution >= 0.6 is 0 Å². The maximum Gasteiger partial charge on any atom is 0.290 e. The average molecular weight is 422 g/mol. The molecule has 7 nitrogen and oxygen atoms in total. The number of aromatic nitrogens is 2. The van der Waals surface area contributed by atoms with Gasteiger partial charge in [0, 0.05) is 11.3 Å². The zero-order chi connectivity index (χ0) is 22.0. The first-order chi connectivity index (χ1) is 14.9. The normalized spacial score (nSPS) is 12.4. The van der Waals surface area contributed by atoms with Crippen molar-refractivity contribution in [2.45, 2.75) is 33.1 Å². The molecule has 2 amide bonds. The van der Waals surface area contributed by atoms with Gasteiger partial charge in [-0.25, -0.2) is 9.07 Å². The number of carbonyl (C=O) groups is 2. The van der Waals surface area contributed by atoms with Gasteiger partial charge in [0.05, 0.1) is 5.69 Å². The van der Waals surface area contributed by atoms with Crippen LogP contribution in [0.15, 0.2) is 42.5 Å². The van der Waals surface area contributed by atoms with Crippen LogP contribution in [0.3, 0.4) is 0 Å². The van der Waals surface area contributed by atoms with Gasteiger partial charge in [-0.2, -0.15) is 5.10 Å². The molecule has 1 aromatic heterocycles. The lowest BCUT2D eigenvalue weighted by Gasteiger charge is -2.09. The first-order valence-corrected chi connectivity index (χ1v) is 10.1. The van der Waals surface area contributed by atoms with Crippen LogP contribution in [-0.2, 0) is 17.6 Å². The van der Waals surface area contributed by atoms with E-state index in [1.165, 1.54) is 12.1 Å². The topological polar surface area (TPSA) is 85.2 Å². The minimum absolute atomic E-state index is 0.231. The van der Waals surface area contributed by atoms with Crippen LogP contribution in [0, 0.1) is 19.7 Å². The summed E-state index contributed by atoms with van der Waals surface area (Å²) in [5.41, 5.74) is 9.57. The zero-order valence-corrected chi connectivity index (χ0v) is 17.4. The van der Waals surface area contributed by atoms with Gasteiger partial charge in [-0.1, -0.05) is 6.07 Å². The van der Waals surface area contributed by atoms with Gasteiger partial charge in [0.2, 0.25) is 0 Å². The number of carbonyl (C=O) groups excluding carboxylic acids is 2. The number of amides is 2. The predicted octanol–water partition coefficient (Wildman–Crippen LogP) is 2.96. The van der Waals surface area contributed by atoms with E-state index in [2.05, 4.69) is 16.0 Å². The summed E-state index contributed by atoms with van der Waals surface area (Å²) >= 11 is 0. The van der Waals surface area contributed by atoms with Gasteiger partial charge in [0.25, 0.3) is 11.8 Å². The summed E-state index contributed by atoms with van der Waals surface area (Å²) < 4.78 is 20.4. The van der Waals surface area contributed by atoms with Gasteiger partial charge in [-0.15, -0.1) is 0 Å². The number of halogens is 1. The van der Waals surface area contributed by atoms with Crippen LogP contribution in [-0.4, -0.2) is 28.2 Å². The summed E-state index contributed by atoms with van der Waals surface area (Å²) in [5, 5.41) is 4.42. The Morgan fingerprint density at radius 3 is 2.48 bits per heavy atom. The van der Waals surface area contributed by atoms with E-state index in [9.17, 15) is 14.0 Å². The molecule has 0 unspecified atom stereocenters. The number of benzene rings is 2. The molecule has 1 aliphatic rings. The number of hydrazine groups is 1. The number of ether oxygens (including phenoxy) is 1. The number of fused-ring (bicyclic) bond motifs is 1. The Hall–Kier alpha value is -3.68. The summed E-state index contributed by atoms with van der Waals surface area (Å²) in [6.45, 7) is 3.67. The van der Waals surface area contributed by atoms with Gasteiger partial charge in [0.1, 0.15) is 11.6 Å². The maximum atomic E-state index is 13.3. The van der Waals surface area contributed by atoms with Crippen molar-refractivity contribution in [3.8, 4) is 11.4 Å². The van der Waals surface area contributed by atoms with Crippen LogP contribution in [0.5, 0.6) is 5.75 Å². The van der Waals surface area contributed by atoms with E-state index in [0.29, 0.717) is 11.4 Å². The van der Waals surface area contributed by atoms with Crippen molar-refractivity contribution in [3.05, 3.63) is 76.4 Å². The second-order valence-corrected chi connectivity index (χ2v) is 7.63. The lowest BCUT2D eigenvalue weighted by molar-refractivity contribution is -0.123. The third-order valence-electron chi connectivity index (χ3n) is 5.10. The fourth-order valence-corrected chi connectivity index (χ4v) is 3.80. The minimum Gasteiger partial charge on any atom is -0.484 e. The fourth-order valence-electron chi connectivity index (χ4n) is 3.80. The van der Waals surface area contributed by atoms with E-state index in [4.69, 9.17) is 4.74 Å². The number of nitrogens with one attached hydrogen (secondary N) is 2. The molecule has 1 heterocycles. The molecule has 2 N–H and O–H groups in total. The van der Waals surface area contributed by atoms with E-state index in [1.807, 2.05) is 32.0 Å². The van der Waals surface area contributed by atoms with Gasteiger partial charge in [-0.05, 0) is 80.6 Å². The molecular weight excluding hydrogens is 399 g/mol. The Labute approximate surface area is 179 Å². The van der Waals surface area contributed by atoms with Gasteiger partial charge >= 0.3 is 0 Å². The molecule has 0 radical (unpaired) electrons. The third kappa shape index (κ3) is 4.58. The Morgan fingerprint density at radius 2 is 1.77 bits per heavy atom. The highest BCUT2D eigenvalue weighted by Gasteiger charge is 2.27. The summed E-state index contributed by atoms with van der Waals surface area (Å²) in [7, 11) is 0. The molecule has 0 atom stereocenters. The van der Waals surface area contributed by atoms with Gasteiger partial charge in [0.15, 0.2) is 12.3 Å². The second-order valence-electron chi connectivity index (χ2n) is 7.63. The molecule has 160 valence electrons. The Kier molecular flexibility index (Phi) is 5.70. The number of nitrogens with zero attached hydrogens (tertiary/aromatic N) is 2. The van der Waals surface area contributed by atoms with Crippen molar-refractivity contribution < 1.29 is 18.7 Å². The number of hydrogen-bond acceptors (Lipinski definition) is 4. The molecular formula is C23H23FN4O3. The SMILES string of the molecule is Cc1cc(C)cc(OCC(=O)NNC(=O)c2nn(-c3ccc(F)cc3)c3c2CCC3)c1. The molecule has 3 aromatic rings. The van der Waals surface area contributed by atoms with Crippen LogP contribution in [0.4, 0.5) is 4.39 Å². The van der Waals surface area contributed by atoms with Crippen LogP contribution in [0.2, 0.25) is 0 Å². The molecule has 1 aliphatic carbocycles. The van der Waals surface area contributed by atoms with Crippen molar-refractivity contribution in [1.29, 1.82) is 0 Å².